The standard InChI is InChI=1S/C31H36N4O5/c1-19-5-14-24-25(34(19)31(39)40-2)15-16-26-29(24)32-27(35(26)23-12-8-21(9-13-23)30(37)38)18-20-6-10-22(11-7-20)33-17-3-4-28(33)36/h6-7,10-11,15-16,19,21,23H,3-5,8-9,12-14,17-18H2,1-2H3,(H,37,38)/t19-,21?,23?/m0/s1. The number of aryl methyl sites for hydroxylation is 1. The van der Waals surface area contributed by atoms with Crippen molar-refractivity contribution in [3.8, 4) is 0 Å². The van der Waals surface area contributed by atoms with Gasteiger partial charge in [-0.1, -0.05) is 12.1 Å². The van der Waals surface area contributed by atoms with E-state index < -0.39 is 5.97 Å². The second-order valence-corrected chi connectivity index (χ2v) is 11.4. The fourth-order valence-electron chi connectivity index (χ4n) is 6.83. The highest BCUT2D eigenvalue weighted by Crippen LogP contribution is 2.40. The van der Waals surface area contributed by atoms with E-state index in [1.807, 2.05) is 30.0 Å². The number of hydrogen-bond acceptors (Lipinski definition) is 5. The van der Waals surface area contributed by atoms with Crippen molar-refractivity contribution in [3.63, 3.8) is 0 Å². The van der Waals surface area contributed by atoms with Gasteiger partial charge in [-0.25, -0.2) is 9.78 Å². The summed E-state index contributed by atoms with van der Waals surface area (Å²) in [6.45, 7) is 2.80. The summed E-state index contributed by atoms with van der Waals surface area (Å²) >= 11 is 0. The van der Waals surface area contributed by atoms with Crippen LogP contribution in [-0.2, 0) is 27.2 Å². The van der Waals surface area contributed by atoms with E-state index in [9.17, 15) is 19.5 Å². The molecule has 210 valence electrons. The van der Waals surface area contributed by atoms with Crippen LogP contribution >= 0.6 is 0 Å². The van der Waals surface area contributed by atoms with Crippen LogP contribution in [0, 0.1) is 5.92 Å². The number of rotatable bonds is 5. The van der Waals surface area contributed by atoms with Crippen LogP contribution in [0.2, 0.25) is 0 Å². The third-order valence-electron chi connectivity index (χ3n) is 8.99. The van der Waals surface area contributed by atoms with Gasteiger partial charge in [-0.15, -0.1) is 0 Å². The minimum atomic E-state index is -0.711. The Bertz CT molecular complexity index is 1450. The van der Waals surface area contributed by atoms with Gasteiger partial charge >= 0.3 is 12.1 Å². The first-order valence-electron chi connectivity index (χ1n) is 14.4. The highest BCUT2D eigenvalue weighted by Gasteiger charge is 2.33. The number of benzene rings is 2. The highest BCUT2D eigenvalue weighted by atomic mass is 16.5. The third kappa shape index (κ3) is 4.61. The molecular weight excluding hydrogens is 508 g/mol. The van der Waals surface area contributed by atoms with Crippen molar-refractivity contribution in [2.45, 2.75) is 76.8 Å². The zero-order valence-electron chi connectivity index (χ0n) is 23.1. The maximum atomic E-state index is 12.7. The van der Waals surface area contributed by atoms with Gasteiger partial charge in [0.1, 0.15) is 5.82 Å². The number of carboxylic acid groups (broad SMARTS) is 1. The molecule has 1 saturated heterocycles. The molecule has 2 fully saturated rings. The Kier molecular flexibility index (Phi) is 6.98. The van der Waals surface area contributed by atoms with Crippen molar-refractivity contribution in [1.29, 1.82) is 0 Å². The molecule has 2 amide bonds. The summed E-state index contributed by atoms with van der Waals surface area (Å²) in [5.41, 5.74) is 5.88. The molecule has 1 N–H and O–H groups in total. The van der Waals surface area contributed by atoms with Crippen LogP contribution in [0.3, 0.4) is 0 Å². The first-order valence-corrected chi connectivity index (χ1v) is 14.4. The number of aliphatic carboxylic acids is 1. The number of carbonyl (C=O) groups is 3. The van der Waals surface area contributed by atoms with Gasteiger partial charge in [0.15, 0.2) is 0 Å². The van der Waals surface area contributed by atoms with Crippen LogP contribution in [0.1, 0.15) is 74.9 Å². The number of fused-ring (bicyclic) bond motifs is 3. The van der Waals surface area contributed by atoms with E-state index in [-0.39, 0.29) is 30.0 Å². The van der Waals surface area contributed by atoms with Gasteiger partial charge in [-0.3, -0.25) is 14.5 Å². The first-order chi connectivity index (χ1) is 19.4. The molecule has 1 saturated carbocycles. The van der Waals surface area contributed by atoms with Crippen LogP contribution in [-0.4, -0.2) is 52.3 Å². The molecule has 3 aromatic rings. The number of methoxy groups -OCH3 is 1. The lowest BCUT2D eigenvalue weighted by Gasteiger charge is -2.34. The Hall–Kier alpha value is -3.88. The lowest BCUT2D eigenvalue weighted by molar-refractivity contribution is -0.143. The molecule has 2 aliphatic heterocycles. The van der Waals surface area contributed by atoms with Crippen molar-refractivity contribution in [1.82, 2.24) is 9.55 Å². The number of carbonyl (C=O) groups excluding carboxylic acids is 2. The lowest BCUT2D eigenvalue weighted by Crippen LogP contribution is -2.42. The van der Waals surface area contributed by atoms with Crippen molar-refractivity contribution in [2.24, 2.45) is 5.92 Å². The lowest BCUT2D eigenvalue weighted by atomic mass is 9.85. The number of nitrogens with zero attached hydrogens (tertiary/aromatic N) is 4. The molecule has 1 aliphatic carbocycles. The van der Waals surface area contributed by atoms with Gasteiger partial charge in [-0.05, 0) is 81.7 Å². The topological polar surface area (TPSA) is 105 Å². The molecule has 0 unspecified atom stereocenters. The van der Waals surface area contributed by atoms with E-state index in [2.05, 4.69) is 22.8 Å². The minimum Gasteiger partial charge on any atom is -0.481 e. The maximum Gasteiger partial charge on any atom is 0.414 e. The molecule has 1 atom stereocenters. The molecule has 1 aromatic heterocycles. The average molecular weight is 545 g/mol. The van der Waals surface area contributed by atoms with Gasteiger partial charge in [-0.2, -0.15) is 0 Å². The summed E-state index contributed by atoms with van der Waals surface area (Å²) in [5.74, 6) is 0.108. The van der Waals surface area contributed by atoms with Crippen LogP contribution in [0.4, 0.5) is 16.2 Å². The Morgan fingerprint density at radius 2 is 1.77 bits per heavy atom. The molecule has 3 aliphatic rings. The number of amides is 2. The first kappa shape index (κ1) is 26.3. The minimum absolute atomic E-state index is 0.0336. The molecule has 0 bridgehead atoms. The average Bonchev–Trinajstić information content (AvgIpc) is 3.56. The molecular formula is C31H36N4O5. The molecule has 9 nitrogen and oxygen atoms in total. The van der Waals surface area contributed by atoms with Gasteiger partial charge in [0.2, 0.25) is 5.91 Å². The zero-order valence-corrected chi connectivity index (χ0v) is 23.1. The highest BCUT2D eigenvalue weighted by molar-refractivity contribution is 5.96. The van der Waals surface area contributed by atoms with Crippen LogP contribution in [0.15, 0.2) is 36.4 Å². The van der Waals surface area contributed by atoms with Crippen molar-refractivity contribution >= 4 is 40.4 Å². The zero-order chi connectivity index (χ0) is 28.0. The number of hydrogen-bond donors (Lipinski definition) is 1. The van der Waals surface area contributed by atoms with Crippen molar-refractivity contribution in [3.05, 3.63) is 53.3 Å². The SMILES string of the molecule is COC(=O)N1c2ccc3c(nc(Cc4ccc(N5CCCC5=O)cc4)n3C3CCC(C(=O)O)CC3)c2CC[C@@H]1C. The molecule has 0 radical (unpaired) electrons. The summed E-state index contributed by atoms with van der Waals surface area (Å²) in [5, 5.41) is 9.55. The fourth-order valence-corrected chi connectivity index (χ4v) is 6.83. The van der Waals surface area contributed by atoms with Gasteiger partial charge in [0.25, 0.3) is 0 Å². The molecule has 40 heavy (non-hydrogen) atoms. The Morgan fingerprint density at radius 3 is 2.42 bits per heavy atom. The summed E-state index contributed by atoms with van der Waals surface area (Å²) in [7, 11) is 1.41. The van der Waals surface area contributed by atoms with Crippen molar-refractivity contribution in [2.75, 3.05) is 23.5 Å². The quantitative estimate of drug-likeness (QED) is 0.456. The third-order valence-corrected chi connectivity index (χ3v) is 8.99. The monoisotopic (exact) mass is 544 g/mol. The molecule has 3 heterocycles. The van der Waals surface area contributed by atoms with E-state index in [1.165, 1.54) is 7.11 Å². The van der Waals surface area contributed by atoms with Gasteiger partial charge < -0.3 is 19.3 Å². The molecule has 6 rings (SSSR count). The van der Waals surface area contributed by atoms with E-state index in [4.69, 9.17) is 9.72 Å². The number of imidazole rings is 1. The van der Waals surface area contributed by atoms with E-state index in [0.29, 0.717) is 25.7 Å². The number of anilines is 2. The largest absolute Gasteiger partial charge is 0.481 e. The van der Waals surface area contributed by atoms with E-state index in [0.717, 1.165) is 78.0 Å². The Morgan fingerprint density at radius 1 is 1.02 bits per heavy atom. The van der Waals surface area contributed by atoms with Crippen LogP contribution in [0.5, 0.6) is 0 Å². The molecule has 2 aromatic carbocycles. The summed E-state index contributed by atoms with van der Waals surface area (Å²) in [6.07, 6.45) is 6.27. The maximum absolute atomic E-state index is 12.7. The predicted octanol–water partition coefficient (Wildman–Crippen LogP) is 5.48. The van der Waals surface area contributed by atoms with E-state index >= 15 is 0 Å². The van der Waals surface area contributed by atoms with Gasteiger partial charge in [0, 0.05) is 42.7 Å². The summed E-state index contributed by atoms with van der Waals surface area (Å²) < 4.78 is 7.43. The van der Waals surface area contributed by atoms with Crippen LogP contribution in [0.25, 0.3) is 11.0 Å². The van der Waals surface area contributed by atoms with Gasteiger partial charge in [0.05, 0.1) is 29.7 Å². The predicted molar refractivity (Wildman–Crippen MR) is 152 cm³/mol. The number of carboxylic acids is 1. The second kappa shape index (κ2) is 10.6. The Labute approximate surface area is 233 Å². The summed E-state index contributed by atoms with van der Waals surface area (Å²) in [6, 6.07) is 12.4. The molecule has 0 spiro atoms. The Balaban J connectivity index is 1.39. The molecule has 9 heteroatoms. The van der Waals surface area contributed by atoms with Crippen molar-refractivity contribution < 1.29 is 24.2 Å². The second-order valence-electron chi connectivity index (χ2n) is 11.4. The fraction of sp³-hybridized carbons (Fsp3) is 0.484. The van der Waals surface area contributed by atoms with Crippen LogP contribution < -0.4 is 9.80 Å². The summed E-state index contributed by atoms with van der Waals surface area (Å²) in [4.78, 5) is 45.3. The number of ether oxygens (including phenoxy) is 1. The number of aromatic nitrogens is 2. The van der Waals surface area contributed by atoms with E-state index in [1.54, 1.807) is 4.90 Å². The normalized spacial score (nSPS) is 22.9. The smallest absolute Gasteiger partial charge is 0.414 e.